The van der Waals surface area contributed by atoms with Crippen LogP contribution in [0.2, 0.25) is 5.02 Å². The zero-order valence-electron chi connectivity index (χ0n) is 12.6. The minimum Gasteiger partial charge on any atom is -0.459 e. The van der Waals surface area contributed by atoms with Crippen molar-refractivity contribution in [3.63, 3.8) is 0 Å². The van der Waals surface area contributed by atoms with Crippen LogP contribution in [0, 0.1) is 0 Å². The van der Waals surface area contributed by atoms with E-state index in [1.165, 1.54) is 6.26 Å². The Hall–Kier alpha value is -2.35. The molecule has 8 heteroatoms. The molecule has 0 saturated carbocycles. The first-order valence-electron chi connectivity index (χ1n) is 7.24. The summed E-state index contributed by atoms with van der Waals surface area (Å²) in [6.45, 7) is 0.244. The van der Waals surface area contributed by atoms with Crippen molar-refractivity contribution in [2.24, 2.45) is 0 Å². The van der Waals surface area contributed by atoms with Crippen molar-refractivity contribution in [2.45, 2.75) is 19.3 Å². The molecule has 0 fully saturated rings. The van der Waals surface area contributed by atoms with Gasteiger partial charge in [-0.3, -0.25) is 0 Å². The SMILES string of the molecule is O=c1oc(-c2ccco2)nn1CC(O)COCc1ccccc1Cl. The number of aliphatic hydroxyl groups excluding tert-OH is 1. The smallest absolute Gasteiger partial charge is 0.437 e. The maximum Gasteiger partial charge on any atom is 0.437 e. The van der Waals surface area contributed by atoms with Crippen LogP contribution in [0.25, 0.3) is 11.7 Å². The maximum atomic E-state index is 11.7. The molecule has 0 aliphatic heterocycles. The van der Waals surface area contributed by atoms with Crippen LogP contribution < -0.4 is 5.76 Å². The van der Waals surface area contributed by atoms with Crippen LogP contribution in [0.1, 0.15) is 5.56 Å². The molecule has 0 aliphatic rings. The molecule has 7 nitrogen and oxygen atoms in total. The molecule has 1 aromatic carbocycles. The molecule has 2 aromatic heterocycles. The van der Waals surface area contributed by atoms with E-state index < -0.39 is 11.9 Å². The van der Waals surface area contributed by atoms with Crippen LogP contribution in [0.3, 0.4) is 0 Å². The highest BCUT2D eigenvalue weighted by atomic mass is 35.5. The Kier molecular flexibility index (Phi) is 5.14. The number of hydrogen-bond donors (Lipinski definition) is 1. The summed E-state index contributed by atoms with van der Waals surface area (Å²) in [5.41, 5.74) is 0.824. The fourth-order valence-corrected chi connectivity index (χ4v) is 2.28. The number of halogens is 1. The predicted octanol–water partition coefficient (Wildman–Crippen LogP) is 2.33. The lowest BCUT2D eigenvalue weighted by atomic mass is 10.2. The molecule has 0 bridgehead atoms. The van der Waals surface area contributed by atoms with E-state index in [4.69, 9.17) is 25.2 Å². The summed E-state index contributed by atoms with van der Waals surface area (Å²) in [5.74, 6) is -0.268. The van der Waals surface area contributed by atoms with Gasteiger partial charge >= 0.3 is 5.76 Å². The molecule has 0 saturated heterocycles. The minimum absolute atomic E-state index is 0.0284. The molecule has 3 aromatic rings. The largest absolute Gasteiger partial charge is 0.459 e. The second kappa shape index (κ2) is 7.48. The van der Waals surface area contributed by atoms with Crippen molar-refractivity contribution >= 4 is 11.6 Å². The van der Waals surface area contributed by atoms with Gasteiger partial charge in [0.25, 0.3) is 5.89 Å². The van der Waals surface area contributed by atoms with E-state index in [1.807, 2.05) is 18.2 Å². The summed E-state index contributed by atoms with van der Waals surface area (Å²) in [5, 5.41) is 14.6. The Morgan fingerprint density at radius 2 is 2.12 bits per heavy atom. The molecule has 2 heterocycles. The molecule has 0 spiro atoms. The molecule has 1 N–H and O–H groups in total. The van der Waals surface area contributed by atoms with E-state index in [0.29, 0.717) is 10.8 Å². The van der Waals surface area contributed by atoms with Gasteiger partial charge in [0.1, 0.15) is 0 Å². The van der Waals surface area contributed by atoms with Crippen molar-refractivity contribution in [3.8, 4) is 11.7 Å². The molecule has 0 radical (unpaired) electrons. The van der Waals surface area contributed by atoms with E-state index in [0.717, 1.165) is 10.2 Å². The lowest BCUT2D eigenvalue weighted by Crippen LogP contribution is -2.28. The van der Waals surface area contributed by atoms with Crippen LogP contribution >= 0.6 is 11.6 Å². The van der Waals surface area contributed by atoms with E-state index in [1.54, 1.807) is 18.2 Å². The van der Waals surface area contributed by atoms with Gasteiger partial charge in [-0.25, -0.2) is 4.79 Å². The Morgan fingerprint density at radius 3 is 2.88 bits per heavy atom. The number of nitrogens with zero attached hydrogens (tertiary/aromatic N) is 2. The first-order valence-corrected chi connectivity index (χ1v) is 7.62. The van der Waals surface area contributed by atoms with Crippen molar-refractivity contribution in [2.75, 3.05) is 6.61 Å². The molecule has 1 unspecified atom stereocenters. The first-order chi connectivity index (χ1) is 11.6. The number of benzene rings is 1. The Bertz CT molecular complexity index is 840. The van der Waals surface area contributed by atoms with E-state index in [2.05, 4.69) is 5.10 Å². The third kappa shape index (κ3) is 3.94. The Labute approximate surface area is 142 Å². The van der Waals surface area contributed by atoms with Crippen LogP contribution in [-0.2, 0) is 17.9 Å². The normalized spacial score (nSPS) is 12.4. The summed E-state index contributed by atoms with van der Waals surface area (Å²) < 4.78 is 16.5. The summed E-state index contributed by atoms with van der Waals surface area (Å²) in [7, 11) is 0. The number of rotatable bonds is 7. The standard InChI is InChI=1S/C16H15ClN2O5/c17-13-5-2-1-4-11(13)9-22-10-12(20)8-19-16(21)24-15(18-19)14-6-3-7-23-14/h1-7,12,20H,8-10H2. The zero-order chi connectivity index (χ0) is 16.9. The molecule has 1 atom stereocenters. The van der Waals surface area contributed by atoms with Gasteiger partial charge in [0.15, 0.2) is 5.76 Å². The van der Waals surface area contributed by atoms with Gasteiger partial charge in [-0.1, -0.05) is 29.8 Å². The van der Waals surface area contributed by atoms with Crippen molar-refractivity contribution in [1.82, 2.24) is 9.78 Å². The van der Waals surface area contributed by atoms with Crippen LogP contribution in [0.15, 0.2) is 56.3 Å². The van der Waals surface area contributed by atoms with Gasteiger partial charge in [0.2, 0.25) is 0 Å². The highest BCUT2D eigenvalue weighted by Gasteiger charge is 2.15. The fraction of sp³-hybridized carbons (Fsp3) is 0.250. The predicted molar refractivity (Wildman–Crippen MR) is 85.6 cm³/mol. The third-order valence-electron chi connectivity index (χ3n) is 3.25. The summed E-state index contributed by atoms with van der Waals surface area (Å²) in [6.07, 6.45) is 0.533. The second-order valence-corrected chi connectivity index (χ2v) is 5.50. The van der Waals surface area contributed by atoms with Gasteiger partial charge < -0.3 is 18.7 Å². The second-order valence-electron chi connectivity index (χ2n) is 5.09. The van der Waals surface area contributed by atoms with Crippen molar-refractivity contribution in [1.29, 1.82) is 0 Å². The average molecular weight is 351 g/mol. The van der Waals surface area contributed by atoms with Crippen molar-refractivity contribution in [3.05, 3.63) is 63.8 Å². The maximum absolute atomic E-state index is 11.7. The molecule has 126 valence electrons. The van der Waals surface area contributed by atoms with Gasteiger partial charge in [0, 0.05) is 5.02 Å². The van der Waals surface area contributed by atoms with Crippen LogP contribution in [0.5, 0.6) is 0 Å². The van der Waals surface area contributed by atoms with Crippen LogP contribution in [0.4, 0.5) is 0 Å². The topological polar surface area (TPSA) is 90.6 Å². The molecule has 3 rings (SSSR count). The molecule has 0 aliphatic carbocycles. The lowest BCUT2D eigenvalue weighted by Gasteiger charge is -2.11. The molecular formula is C16H15ClN2O5. The Balaban J connectivity index is 1.55. The summed E-state index contributed by atoms with van der Waals surface area (Å²) in [6, 6.07) is 10.6. The molecule has 0 amide bonds. The van der Waals surface area contributed by atoms with E-state index in [9.17, 15) is 9.90 Å². The monoisotopic (exact) mass is 350 g/mol. The van der Waals surface area contributed by atoms with Crippen molar-refractivity contribution < 1.29 is 18.7 Å². The highest BCUT2D eigenvalue weighted by Crippen LogP contribution is 2.16. The fourth-order valence-electron chi connectivity index (χ4n) is 2.09. The number of furan rings is 1. The first kappa shape index (κ1) is 16.5. The van der Waals surface area contributed by atoms with Gasteiger partial charge in [-0.15, -0.1) is 5.10 Å². The number of hydrogen-bond acceptors (Lipinski definition) is 6. The lowest BCUT2D eigenvalue weighted by molar-refractivity contribution is 0.0178. The zero-order valence-corrected chi connectivity index (χ0v) is 13.3. The van der Waals surface area contributed by atoms with Crippen LogP contribution in [-0.4, -0.2) is 27.6 Å². The molecule has 24 heavy (non-hydrogen) atoms. The summed E-state index contributed by atoms with van der Waals surface area (Å²) in [4.78, 5) is 11.7. The van der Waals surface area contributed by atoms with Gasteiger partial charge in [-0.2, -0.15) is 4.68 Å². The minimum atomic E-state index is -0.917. The number of aromatic nitrogens is 2. The van der Waals surface area contributed by atoms with Gasteiger partial charge in [-0.05, 0) is 23.8 Å². The molecular weight excluding hydrogens is 336 g/mol. The van der Waals surface area contributed by atoms with E-state index >= 15 is 0 Å². The number of aliphatic hydroxyl groups is 1. The average Bonchev–Trinajstić information content (AvgIpc) is 3.20. The summed E-state index contributed by atoms with van der Waals surface area (Å²) >= 11 is 6.02. The third-order valence-corrected chi connectivity index (χ3v) is 3.62. The quantitative estimate of drug-likeness (QED) is 0.703. The van der Waals surface area contributed by atoms with E-state index in [-0.39, 0.29) is 25.6 Å². The highest BCUT2D eigenvalue weighted by molar-refractivity contribution is 6.31. The number of ether oxygens (including phenoxy) is 1. The van der Waals surface area contributed by atoms with Gasteiger partial charge in [0.05, 0.1) is 32.1 Å². The Morgan fingerprint density at radius 1 is 1.29 bits per heavy atom.